The summed E-state index contributed by atoms with van der Waals surface area (Å²) in [5, 5.41) is 3.93. The summed E-state index contributed by atoms with van der Waals surface area (Å²) >= 11 is 0. The van der Waals surface area contributed by atoms with Crippen molar-refractivity contribution >= 4 is 11.9 Å². The normalized spacial score (nSPS) is 18.9. The molecule has 1 amide bonds. The predicted molar refractivity (Wildman–Crippen MR) is 61.4 cm³/mol. The van der Waals surface area contributed by atoms with Crippen LogP contribution in [0, 0.1) is 0 Å². The summed E-state index contributed by atoms with van der Waals surface area (Å²) in [6.07, 6.45) is 4.83. The lowest BCUT2D eigenvalue weighted by molar-refractivity contribution is -0.151. The third kappa shape index (κ3) is 2.66. The molecule has 98 valence electrons. The highest BCUT2D eigenvalue weighted by atomic mass is 16.5. The molecule has 2 heterocycles. The lowest BCUT2D eigenvalue weighted by atomic mass is 10.2. The lowest BCUT2D eigenvalue weighted by Crippen LogP contribution is -2.41. The van der Waals surface area contributed by atoms with Crippen molar-refractivity contribution in [3.05, 3.63) is 12.7 Å². The van der Waals surface area contributed by atoms with Gasteiger partial charge in [-0.3, -0.25) is 9.48 Å². The van der Waals surface area contributed by atoms with Crippen LogP contribution in [0.4, 0.5) is 0 Å². The first-order valence-corrected chi connectivity index (χ1v) is 5.92. The van der Waals surface area contributed by atoms with Crippen LogP contribution in [0.1, 0.15) is 19.3 Å². The molecule has 1 fully saturated rings. The van der Waals surface area contributed by atoms with Gasteiger partial charge in [0.1, 0.15) is 18.7 Å². The fraction of sp³-hybridized carbons (Fsp3) is 0.636. The van der Waals surface area contributed by atoms with Crippen molar-refractivity contribution in [1.29, 1.82) is 0 Å². The third-order valence-electron chi connectivity index (χ3n) is 3.07. The van der Waals surface area contributed by atoms with Crippen molar-refractivity contribution in [3.8, 4) is 0 Å². The molecule has 0 bridgehead atoms. The smallest absolute Gasteiger partial charge is 0.328 e. The van der Waals surface area contributed by atoms with Crippen LogP contribution in [-0.4, -0.2) is 51.2 Å². The van der Waals surface area contributed by atoms with E-state index in [1.54, 1.807) is 15.9 Å². The van der Waals surface area contributed by atoms with Gasteiger partial charge in [0.25, 0.3) is 0 Å². The van der Waals surface area contributed by atoms with Crippen molar-refractivity contribution < 1.29 is 14.3 Å². The molecular formula is C11H16N4O3. The number of carbonyl (C=O) groups is 2. The van der Waals surface area contributed by atoms with Crippen LogP contribution in [0.3, 0.4) is 0 Å². The largest absolute Gasteiger partial charge is 0.467 e. The SMILES string of the molecule is COC(=O)C1CCCN1C(=O)CCn1cncn1. The Kier molecular flexibility index (Phi) is 3.91. The number of hydrogen-bond acceptors (Lipinski definition) is 5. The van der Waals surface area contributed by atoms with E-state index >= 15 is 0 Å². The van der Waals surface area contributed by atoms with Crippen molar-refractivity contribution in [2.45, 2.75) is 31.8 Å². The molecule has 18 heavy (non-hydrogen) atoms. The number of aryl methyl sites for hydroxylation is 1. The Hall–Kier alpha value is -1.92. The highest BCUT2D eigenvalue weighted by Gasteiger charge is 2.34. The maximum Gasteiger partial charge on any atom is 0.328 e. The Balaban J connectivity index is 1.89. The highest BCUT2D eigenvalue weighted by Crippen LogP contribution is 2.19. The van der Waals surface area contributed by atoms with Crippen molar-refractivity contribution in [3.63, 3.8) is 0 Å². The van der Waals surface area contributed by atoms with E-state index in [2.05, 4.69) is 10.1 Å². The number of ether oxygens (including phenoxy) is 1. The quantitative estimate of drug-likeness (QED) is 0.695. The van der Waals surface area contributed by atoms with Gasteiger partial charge in [-0.2, -0.15) is 5.10 Å². The molecule has 0 aromatic carbocycles. The van der Waals surface area contributed by atoms with Crippen LogP contribution in [0.25, 0.3) is 0 Å². The minimum atomic E-state index is -0.418. The molecule has 1 unspecified atom stereocenters. The topological polar surface area (TPSA) is 77.3 Å². The van der Waals surface area contributed by atoms with Crippen LogP contribution < -0.4 is 0 Å². The van der Waals surface area contributed by atoms with Gasteiger partial charge in [0.15, 0.2) is 0 Å². The van der Waals surface area contributed by atoms with Gasteiger partial charge in [0.2, 0.25) is 5.91 Å². The molecule has 0 spiro atoms. The van der Waals surface area contributed by atoms with Crippen LogP contribution >= 0.6 is 0 Å². The van der Waals surface area contributed by atoms with Crippen LogP contribution in [0.15, 0.2) is 12.7 Å². The van der Waals surface area contributed by atoms with Crippen LogP contribution in [0.5, 0.6) is 0 Å². The first-order valence-electron chi connectivity index (χ1n) is 5.92. The first kappa shape index (κ1) is 12.5. The third-order valence-corrected chi connectivity index (χ3v) is 3.07. The van der Waals surface area contributed by atoms with E-state index < -0.39 is 6.04 Å². The summed E-state index contributed by atoms with van der Waals surface area (Å²) in [4.78, 5) is 29.0. The molecule has 1 aliphatic rings. The fourth-order valence-corrected chi connectivity index (χ4v) is 2.15. The van der Waals surface area contributed by atoms with E-state index in [1.807, 2.05) is 0 Å². The maximum atomic E-state index is 12.0. The summed E-state index contributed by atoms with van der Waals surface area (Å²) in [5.41, 5.74) is 0. The molecule has 7 heteroatoms. The van der Waals surface area contributed by atoms with Crippen molar-refractivity contribution in [2.24, 2.45) is 0 Å². The van der Waals surface area contributed by atoms with Gasteiger partial charge >= 0.3 is 5.97 Å². The van der Waals surface area contributed by atoms with Crippen LogP contribution in [-0.2, 0) is 20.9 Å². The lowest BCUT2D eigenvalue weighted by Gasteiger charge is -2.22. The van der Waals surface area contributed by atoms with E-state index in [4.69, 9.17) is 4.74 Å². The number of nitrogens with zero attached hydrogens (tertiary/aromatic N) is 4. The average Bonchev–Trinajstić information content (AvgIpc) is 3.05. The number of amides is 1. The van der Waals surface area contributed by atoms with Gasteiger partial charge in [-0.15, -0.1) is 0 Å². The zero-order chi connectivity index (χ0) is 13.0. The second-order valence-corrected chi connectivity index (χ2v) is 4.18. The van der Waals surface area contributed by atoms with E-state index in [-0.39, 0.29) is 11.9 Å². The molecule has 0 aliphatic carbocycles. The minimum absolute atomic E-state index is 0.0431. The molecule has 0 N–H and O–H groups in total. The second kappa shape index (κ2) is 5.61. The average molecular weight is 252 g/mol. The number of methoxy groups -OCH3 is 1. The summed E-state index contributed by atoms with van der Waals surface area (Å²) < 4.78 is 6.30. The molecular weight excluding hydrogens is 236 g/mol. The zero-order valence-corrected chi connectivity index (χ0v) is 10.3. The van der Waals surface area contributed by atoms with Crippen molar-refractivity contribution in [1.82, 2.24) is 19.7 Å². The standard InChI is InChI=1S/C11H16N4O3/c1-18-11(17)9-3-2-5-15(9)10(16)4-6-14-8-12-7-13-14/h7-9H,2-6H2,1H3. The summed E-state index contributed by atoms with van der Waals surface area (Å²) in [7, 11) is 1.35. The molecule has 0 saturated carbocycles. The number of esters is 1. The monoisotopic (exact) mass is 252 g/mol. The molecule has 1 aliphatic heterocycles. The second-order valence-electron chi connectivity index (χ2n) is 4.18. The molecule has 1 aromatic heterocycles. The Morgan fingerprint density at radius 1 is 1.50 bits per heavy atom. The summed E-state index contributed by atoms with van der Waals surface area (Å²) in [6, 6.07) is -0.418. The molecule has 0 radical (unpaired) electrons. The molecule has 2 rings (SSSR count). The van der Waals surface area contributed by atoms with Gasteiger partial charge < -0.3 is 9.64 Å². The number of rotatable bonds is 4. The predicted octanol–water partition coefficient (Wildman–Crippen LogP) is -0.168. The Labute approximate surface area is 105 Å². The Morgan fingerprint density at radius 2 is 2.33 bits per heavy atom. The zero-order valence-electron chi connectivity index (χ0n) is 10.3. The van der Waals surface area contributed by atoms with E-state index in [9.17, 15) is 9.59 Å². The van der Waals surface area contributed by atoms with Gasteiger partial charge in [0.05, 0.1) is 13.7 Å². The highest BCUT2D eigenvalue weighted by molar-refractivity contribution is 5.85. The number of aromatic nitrogens is 3. The minimum Gasteiger partial charge on any atom is -0.467 e. The Morgan fingerprint density at radius 3 is 3.00 bits per heavy atom. The van der Waals surface area contributed by atoms with Gasteiger partial charge in [-0.1, -0.05) is 0 Å². The van der Waals surface area contributed by atoms with Crippen molar-refractivity contribution in [2.75, 3.05) is 13.7 Å². The number of hydrogen-bond donors (Lipinski definition) is 0. The van der Waals surface area contributed by atoms with Crippen LogP contribution in [0.2, 0.25) is 0 Å². The molecule has 1 atom stereocenters. The summed E-state index contributed by atoms with van der Waals surface area (Å²) in [6.45, 7) is 1.10. The molecule has 1 saturated heterocycles. The van der Waals surface area contributed by atoms with E-state index in [1.165, 1.54) is 13.4 Å². The molecule has 7 nitrogen and oxygen atoms in total. The summed E-state index contributed by atoms with van der Waals surface area (Å²) in [5.74, 6) is -0.375. The van der Waals surface area contributed by atoms with E-state index in [0.29, 0.717) is 25.9 Å². The van der Waals surface area contributed by atoms with Gasteiger partial charge in [0, 0.05) is 13.0 Å². The number of carbonyl (C=O) groups excluding carboxylic acids is 2. The molecule has 1 aromatic rings. The maximum absolute atomic E-state index is 12.0. The Bertz CT molecular complexity index is 418. The van der Waals surface area contributed by atoms with Gasteiger partial charge in [-0.25, -0.2) is 9.78 Å². The van der Waals surface area contributed by atoms with E-state index in [0.717, 1.165) is 6.42 Å². The number of likely N-dealkylation sites (tertiary alicyclic amines) is 1. The fourth-order valence-electron chi connectivity index (χ4n) is 2.15. The first-order chi connectivity index (χ1) is 8.72. The van der Waals surface area contributed by atoms with Gasteiger partial charge in [-0.05, 0) is 12.8 Å².